The van der Waals surface area contributed by atoms with Crippen LogP contribution in [0.25, 0.3) is 0 Å². The van der Waals surface area contributed by atoms with Gasteiger partial charge in [0.25, 0.3) is 5.91 Å². The minimum atomic E-state index is -1.19. The van der Waals surface area contributed by atoms with Crippen molar-refractivity contribution in [3.05, 3.63) is 96.1 Å². The van der Waals surface area contributed by atoms with E-state index < -0.39 is 24.5 Å². The molecular formula is C29H29N3O5. The van der Waals surface area contributed by atoms with Crippen molar-refractivity contribution in [1.29, 1.82) is 0 Å². The van der Waals surface area contributed by atoms with Gasteiger partial charge in [-0.3, -0.25) is 24.1 Å². The van der Waals surface area contributed by atoms with E-state index in [1.165, 1.54) is 4.90 Å². The summed E-state index contributed by atoms with van der Waals surface area (Å²) in [5, 5.41) is 12.3. The molecule has 3 amide bonds. The van der Waals surface area contributed by atoms with Gasteiger partial charge in [-0.1, -0.05) is 72.8 Å². The van der Waals surface area contributed by atoms with Crippen LogP contribution in [-0.2, 0) is 32.0 Å². The fourth-order valence-electron chi connectivity index (χ4n) is 4.43. The molecule has 0 fully saturated rings. The summed E-state index contributed by atoms with van der Waals surface area (Å²) in [4.78, 5) is 54.0. The largest absolute Gasteiger partial charge is 0.480 e. The Morgan fingerprint density at radius 3 is 1.92 bits per heavy atom. The third-order valence-corrected chi connectivity index (χ3v) is 6.28. The summed E-state index contributed by atoms with van der Waals surface area (Å²) in [6.45, 7) is -0.672. The van der Waals surface area contributed by atoms with Crippen LogP contribution < -0.4 is 15.1 Å². The Balaban J connectivity index is 1.57. The molecule has 2 N–H and O–H groups in total. The van der Waals surface area contributed by atoms with Crippen molar-refractivity contribution >= 4 is 35.1 Å². The van der Waals surface area contributed by atoms with Gasteiger partial charge >= 0.3 is 5.97 Å². The number of para-hydroxylation sites is 2. The molecule has 1 aliphatic rings. The molecule has 3 aromatic rings. The molecule has 190 valence electrons. The number of carboxylic acids is 1. The van der Waals surface area contributed by atoms with Gasteiger partial charge in [0.15, 0.2) is 0 Å². The summed E-state index contributed by atoms with van der Waals surface area (Å²) >= 11 is 0. The number of aryl methyl sites for hydroxylation is 2. The minimum Gasteiger partial charge on any atom is -0.480 e. The summed E-state index contributed by atoms with van der Waals surface area (Å²) in [6, 6.07) is 24.8. The number of fused-ring (bicyclic) bond motifs is 1. The number of rotatable bonds is 9. The zero-order chi connectivity index (χ0) is 26.2. The first-order valence-electron chi connectivity index (χ1n) is 12.2. The van der Waals surface area contributed by atoms with Gasteiger partial charge in [0.1, 0.15) is 12.6 Å². The number of carbonyl (C=O) groups is 4. The highest BCUT2D eigenvalue weighted by Crippen LogP contribution is 2.33. The molecule has 0 saturated heterocycles. The lowest BCUT2D eigenvalue weighted by Crippen LogP contribution is -2.53. The van der Waals surface area contributed by atoms with Crippen LogP contribution in [0.15, 0.2) is 84.9 Å². The lowest BCUT2D eigenvalue weighted by molar-refractivity contribution is -0.137. The van der Waals surface area contributed by atoms with Crippen molar-refractivity contribution in [3.8, 4) is 0 Å². The van der Waals surface area contributed by atoms with E-state index in [4.69, 9.17) is 0 Å². The second kappa shape index (κ2) is 12.0. The van der Waals surface area contributed by atoms with Crippen molar-refractivity contribution in [2.24, 2.45) is 0 Å². The van der Waals surface area contributed by atoms with Crippen LogP contribution in [0.4, 0.5) is 11.4 Å². The Bertz CT molecular complexity index is 1260. The predicted molar refractivity (Wildman–Crippen MR) is 140 cm³/mol. The quantitative estimate of drug-likeness (QED) is 0.470. The van der Waals surface area contributed by atoms with E-state index in [-0.39, 0.29) is 31.2 Å². The van der Waals surface area contributed by atoms with E-state index in [1.807, 2.05) is 60.7 Å². The van der Waals surface area contributed by atoms with Gasteiger partial charge in [-0.15, -0.1) is 0 Å². The van der Waals surface area contributed by atoms with Crippen molar-refractivity contribution < 1.29 is 24.3 Å². The maximum absolute atomic E-state index is 13.5. The standard InChI is InChI=1S/C29H29N3O5/c33-26(17-15-21-9-3-1-4-10-21)30-23-19-31(27(34)18-16-22-11-5-2-6-12-22)24-13-7-8-14-25(24)32(29(23)37)20-28(35)36/h1-14,23H,15-20H2,(H,30,33)(H,35,36). The van der Waals surface area contributed by atoms with Crippen LogP contribution in [0, 0.1) is 0 Å². The summed E-state index contributed by atoms with van der Waals surface area (Å²) in [6.07, 6.45) is 1.35. The Labute approximate surface area is 215 Å². The van der Waals surface area contributed by atoms with E-state index in [0.717, 1.165) is 16.0 Å². The van der Waals surface area contributed by atoms with E-state index >= 15 is 0 Å². The Hall–Kier alpha value is -4.46. The lowest BCUT2D eigenvalue weighted by atomic mass is 10.1. The third kappa shape index (κ3) is 6.61. The number of nitrogens with zero attached hydrogens (tertiary/aromatic N) is 2. The van der Waals surface area contributed by atoms with Gasteiger partial charge in [0.05, 0.1) is 17.9 Å². The van der Waals surface area contributed by atoms with Crippen LogP contribution in [-0.4, -0.2) is 47.9 Å². The molecule has 0 aliphatic carbocycles. The second-order valence-corrected chi connectivity index (χ2v) is 8.90. The summed E-state index contributed by atoms with van der Waals surface area (Å²) in [7, 11) is 0. The van der Waals surface area contributed by atoms with Gasteiger partial charge in [0, 0.05) is 12.8 Å². The Morgan fingerprint density at radius 2 is 1.32 bits per heavy atom. The first-order chi connectivity index (χ1) is 17.9. The van der Waals surface area contributed by atoms with Gasteiger partial charge in [-0.05, 0) is 36.1 Å². The number of nitrogens with one attached hydrogen (secondary N) is 1. The van der Waals surface area contributed by atoms with Crippen LogP contribution >= 0.6 is 0 Å². The molecule has 0 radical (unpaired) electrons. The number of anilines is 2. The summed E-state index contributed by atoms with van der Waals surface area (Å²) in [5.74, 6) is -2.33. The van der Waals surface area contributed by atoms with Gasteiger partial charge in [-0.2, -0.15) is 0 Å². The monoisotopic (exact) mass is 499 g/mol. The van der Waals surface area contributed by atoms with E-state index in [1.54, 1.807) is 24.3 Å². The van der Waals surface area contributed by atoms with Crippen molar-refractivity contribution in [3.63, 3.8) is 0 Å². The molecule has 0 bridgehead atoms. The number of aliphatic carboxylic acids is 1. The van der Waals surface area contributed by atoms with Crippen molar-refractivity contribution in [1.82, 2.24) is 5.32 Å². The van der Waals surface area contributed by atoms with Crippen LogP contribution in [0.5, 0.6) is 0 Å². The summed E-state index contributed by atoms with van der Waals surface area (Å²) in [5.41, 5.74) is 2.76. The molecule has 37 heavy (non-hydrogen) atoms. The molecule has 0 spiro atoms. The van der Waals surface area contributed by atoms with Crippen molar-refractivity contribution in [2.75, 3.05) is 22.9 Å². The number of benzene rings is 3. The zero-order valence-electron chi connectivity index (χ0n) is 20.4. The van der Waals surface area contributed by atoms with Crippen LogP contribution in [0.1, 0.15) is 24.0 Å². The Kier molecular flexibility index (Phi) is 8.30. The lowest BCUT2D eigenvalue weighted by Gasteiger charge is -2.25. The second-order valence-electron chi connectivity index (χ2n) is 8.90. The molecule has 3 aromatic carbocycles. The number of carbonyl (C=O) groups excluding carboxylic acids is 3. The topological polar surface area (TPSA) is 107 Å². The minimum absolute atomic E-state index is 0.0866. The SMILES string of the molecule is O=C(O)CN1C(=O)C(NC(=O)CCc2ccccc2)CN(C(=O)CCc2ccccc2)c2ccccc21. The molecule has 1 heterocycles. The molecule has 0 saturated carbocycles. The van der Waals surface area contributed by atoms with Gasteiger partial charge < -0.3 is 15.3 Å². The van der Waals surface area contributed by atoms with Gasteiger partial charge in [0.2, 0.25) is 11.8 Å². The highest BCUT2D eigenvalue weighted by atomic mass is 16.4. The average molecular weight is 500 g/mol. The molecule has 1 aliphatic heterocycles. The first kappa shape index (κ1) is 25.6. The van der Waals surface area contributed by atoms with Gasteiger partial charge in [-0.25, -0.2) is 0 Å². The fourth-order valence-corrected chi connectivity index (χ4v) is 4.43. The maximum Gasteiger partial charge on any atom is 0.323 e. The zero-order valence-corrected chi connectivity index (χ0v) is 20.4. The number of carboxylic acid groups (broad SMARTS) is 1. The smallest absolute Gasteiger partial charge is 0.323 e. The fraction of sp³-hybridized carbons (Fsp3) is 0.241. The van der Waals surface area contributed by atoms with Crippen LogP contribution in [0.3, 0.4) is 0 Å². The van der Waals surface area contributed by atoms with E-state index in [2.05, 4.69) is 5.32 Å². The van der Waals surface area contributed by atoms with Crippen LogP contribution in [0.2, 0.25) is 0 Å². The molecular weight excluding hydrogens is 470 g/mol. The molecule has 0 aromatic heterocycles. The summed E-state index contributed by atoms with van der Waals surface area (Å²) < 4.78 is 0. The number of hydrogen-bond donors (Lipinski definition) is 2. The molecule has 8 nitrogen and oxygen atoms in total. The van der Waals surface area contributed by atoms with Crippen molar-refractivity contribution in [2.45, 2.75) is 31.7 Å². The number of hydrogen-bond acceptors (Lipinski definition) is 4. The molecule has 1 atom stereocenters. The maximum atomic E-state index is 13.5. The number of amides is 3. The van der Waals surface area contributed by atoms with E-state index in [0.29, 0.717) is 24.2 Å². The first-order valence-corrected chi connectivity index (χ1v) is 12.2. The normalized spacial score (nSPS) is 15.0. The molecule has 4 rings (SSSR count). The predicted octanol–water partition coefficient (Wildman–Crippen LogP) is 3.20. The Morgan fingerprint density at radius 1 is 0.784 bits per heavy atom. The molecule has 8 heteroatoms. The highest BCUT2D eigenvalue weighted by molar-refractivity contribution is 6.09. The van der Waals surface area contributed by atoms with E-state index in [9.17, 15) is 24.3 Å². The molecule has 1 unspecified atom stereocenters. The average Bonchev–Trinajstić information content (AvgIpc) is 3.02. The highest BCUT2D eigenvalue weighted by Gasteiger charge is 2.37. The third-order valence-electron chi connectivity index (χ3n) is 6.28.